The van der Waals surface area contributed by atoms with Crippen molar-refractivity contribution < 1.29 is 13.7 Å². The number of rotatable bonds is 6. The number of nitrogens with zero attached hydrogens (tertiary/aromatic N) is 6. The van der Waals surface area contributed by atoms with E-state index in [9.17, 15) is 0 Å². The smallest absolute Gasteiger partial charge is 0.280 e. The number of hydrogen-bond acceptors (Lipinski definition) is 8. The summed E-state index contributed by atoms with van der Waals surface area (Å²) in [5.74, 6) is 2.87. The van der Waals surface area contributed by atoms with Crippen LogP contribution in [0.15, 0.2) is 63.5 Å². The molecule has 0 aliphatic rings. The Balaban J connectivity index is 1.39. The summed E-state index contributed by atoms with van der Waals surface area (Å²) in [5, 5.41) is 12.6. The van der Waals surface area contributed by atoms with Crippen molar-refractivity contribution in [1.82, 2.24) is 30.1 Å². The molecule has 9 heteroatoms. The molecule has 0 bridgehead atoms. The molecule has 160 valence electrons. The fourth-order valence-corrected chi connectivity index (χ4v) is 3.31. The van der Waals surface area contributed by atoms with E-state index < -0.39 is 0 Å². The monoisotopic (exact) mass is 428 g/mol. The van der Waals surface area contributed by atoms with E-state index in [4.69, 9.17) is 13.7 Å². The van der Waals surface area contributed by atoms with Gasteiger partial charge in [-0.15, -0.1) is 5.10 Å². The van der Waals surface area contributed by atoms with E-state index in [2.05, 4.69) is 25.4 Å². The minimum atomic E-state index is 0.323. The lowest BCUT2D eigenvalue weighted by Crippen LogP contribution is -2.05. The Morgan fingerprint density at radius 2 is 1.69 bits per heavy atom. The number of oxazole rings is 1. The zero-order valence-corrected chi connectivity index (χ0v) is 17.8. The molecule has 0 saturated heterocycles. The van der Waals surface area contributed by atoms with Crippen LogP contribution in [0.5, 0.6) is 5.75 Å². The first-order valence-electron chi connectivity index (χ1n) is 10.0. The first-order valence-corrected chi connectivity index (χ1v) is 10.0. The third kappa shape index (κ3) is 3.64. The van der Waals surface area contributed by atoms with Gasteiger partial charge in [0.2, 0.25) is 11.7 Å². The lowest BCUT2D eigenvalue weighted by molar-refractivity contribution is 0.415. The molecular formula is C23H20N6O3. The van der Waals surface area contributed by atoms with Gasteiger partial charge >= 0.3 is 0 Å². The average Bonchev–Trinajstić information content (AvgIpc) is 3.55. The van der Waals surface area contributed by atoms with Gasteiger partial charge in [-0.3, -0.25) is 0 Å². The number of methoxy groups -OCH3 is 1. The van der Waals surface area contributed by atoms with Gasteiger partial charge in [-0.25, -0.2) is 9.67 Å². The molecule has 32 heavy (non-hydrogen) atoms. The van der Waals surface area contributed by atoms with Crippen LogP contribution in [-0.2, 0) is 6.54 Å². The summed E-state index contributed by atoms with van der Waals surface area (Å²) in [6.07, 6.45) is 0. The van der Waals surface area contributed by atoms with Crippen LogP contribution in [0.25, 0.3) is 34.4 Å². The molecule has 0 saturated carbocycles. The van der Waals surface area contributed by atoms with Crippen molar-refractivity contribution in [2.45, 2.75) is 20.4 Å². The molecule has 0 unspecified atom stereocenters. The van der Waals surface area contributed by atoms with Crippen molar-refractivity contribution in [1.29, 1.82) is 0 Å². The molecular weight excluding hydrogens is 408 g/mol. The first-order chi connectivity index (χ1) is 15.6. The zero-order chi connectivity index (χ0) is 22.1. The van der Waals surface area contributed by atoms with Gasteiger partial charge in [-0.1, -0.05) is 40.7 Å². The largest absolute Gasteiger partial charge is 0.497 e. The SMILES string of the molecule is COc1ccc(-c2nc(Cn3nnc(-c4nc(-c5ccccc5)no4)c3C)c(C)o2)cc1. The highest BCUT2D eigenvalue weighted by atomic mass is 16.5. The highest BCUT2D eigenvalue weighted by Crippen LogP contribution is 2.26. The van der Waals surface area contributed by atoms with Gasteiger partial charge in [0.1, 0.15) is 17.2 Å². The lowest BCUT2D eigenvalue weighted by Gasteiger charge is -2.00. The van der Waals surface area contributed by atoms with Gasteiger partial charge in [-0.2, -0.15) is 4.98 Å². The van der Waals surface area contributed by atoms with Gasteiger partial charge < -0.3 is 13.7 Å². The summed E-state index contributed by atoms with van der Waals surface area (Å²) in [4.78, 5) is 9.12. The Morgan fingerprint density at radius 3 is 2.44 bits per heavy atom. The van der Waals surface area contributed by atoms with Crippen LogP contribution < -0.4 is 4.74 Å². The molecule has 0 aliphatic heterocycles. The Labute approximate surface area is 183 Å². The van der Waals surface area contributed by atoms with E-state index in [0.717, 1.165) is 34.0 Å². The summed E-state index contributed by atoms with van der Waals surface area (Å²) < 4.78 is 18.3. The molecule has 5 rings (SSSR count). The molecule has 0 aliphatic carbocycles. The van der Waals surface area contributed by atoms with Gasteiger partial charge in [0.05, 0.1) is 19.3 Å². The van der Waals surface area contributed by atoms with Gasteiger partial charge in [0.25, 0.3) is 5.89 Å². The van der Waals surface area contributed by atoms with Crippen molar-refractivity contribution >= 4 is 0 Å². The maximum Gasteiger partial charge on any atom is 0.280 e. The predicted molar refractivity (Wildman–Crippen MR) is 116 cm³/mol. The van der Waals surface area contributed by atoms with Crippen molar-refractivity contribution in [3.63, 3.8) is 0 Å². The second-order valence-electron chi connectivity index (χ2n) is 7.22. The fourth-order valence-electron chi connectivity index (χ4n) is 3.31. The van der Waals surface area contributed by atoms with Crippen molar-refractivity contribution in [2.75, 3.05) is 7.11 Å². The second-order valence-corrected chi connectivity index (χ2v) is 7.22. The number of hydrogen-bond donors (Lipinski definition) is 0. The van der Waals surface area contributed by atoms with E-state index in [1.54, 1.807) is 11.8 Å². The molecule has 2 aromatic carbocycles. The van der Waals surface area contributed by atoms with Crippen molar-refractivity contribution in [2.24, 2.45) is 0 Å². The molecule has 0 N–H and O–H groups in total. The minimum Gasteiger partial charge on any atom is -0.497 e. The quantitative estimate of drug-likeness (QED) is 0.394. The fraction of sp³-hybridized carbons (Fsp3) is 0.174. The Kier molecular flexibility index (Phi) is 4.98. The standard InChI is InChI=1S/C23H20N6O3/c1-14-20(23-25-21(27-32-23)16-7-5-4-6-8-16)26-28-29(14)13-19-15(2)31-22(24-19)17-9-11-18(30-3)12-10-17/h4-12H,13H2,1-3H3. The third-order valence-corrected chi connectivity index (χ3v) is 5.17. The van der Waals surface area contributed by atoms with Crippen LogP contribution >= 0.6 is 0 Å². The number of aryl methyl sites for hydroxylation is 1. The van der Waals surface area contributed by atoms with Crippen molar-refractivity contribution in [3.05, 3.63) is 71.7 Å². The highest BCUT2D eigenvalue weighted by molar-refractivity contribution is 5.58. The minimum absolute atomic E-state index is 0.323. The van der Waals surface area contributed by atoms with Gasteiger partial charge in [0.15, 0.2) is 5.69 Å². The van der Waals surface area contributed by atoms with E-state index in [1.807, 2.05) is 68.4 Å². The summed E-state index contributed by atoms with van der Waals surface area (Å²) >= 11 is 0. The van der Waals surface area contributed by atoms with E-state index in [-0.39, 0.29) is 0 Å². The number of ether oxygens (including phenoxy) is 1. The molecule has 0 amide bonds. The summed E-state index contributed by atoms with van der Waals surface area (Å²) in [5.41, 5.74) is 3.84. The average molecular weight is 428 g/mol. The van der Waals surface area contributed by atoms with Crippen LogP contribution in [0.4, 0.5) is 0 Å². The van der Waals surface area contributed by atoms with Crippen LogP contribution in [0.2, 0.25) is 0 Å². The second kappa shape index (κ2) is 8.10. The number of aromatic nitrogens is 6. The van der Waals surface area contributed by atoms with Crippen LogP contribution in [0.3, 0.4) is 0 Å². The van der Waals surface area contributed by atoms with Crippen molar-refractivity contribution in [3.8, 4) is 40.2 Å². The molecule has 5 aromatic rings. The van der Waals surface area contributed by atoms with Gasteiger partial charge in [0, 0.05) is 11.1 Å². The van der Waals surface area contributed by atoms with Crippen LogP contribution in [0.1, 0.15) is 17.1 Å². The Bertz CT molecular complexity index is 1350. The Hall–Kier alpha value is -4.27. The Morgan fingerprint density at radius 1 is 0.906 bits per heavy atom. The highest BCUT2D eigenvalue weighted by Gasteiger charge is 2.20. The molecule has 0 atom stereocenters. The maximum absolute atomic E-state index is 5.88. The predicted octanol–water partition coefficient (Wildman–Crippen LogP) is 4.32. The first kappa shape index (κ1) is 19.7. The van der Waals surface area contributed by atoms with Crippen LogP contribution in [0, 0.1) is 13.8 Å². The third-order valence-electron chi connectivity index (χ3n) is 5.17. The topological polar surface area (TPSA) is 105 Å². The molecule has 0 spiro atoms. The van der Waals surface area contributed by atoms with Crippen LogP contribution in [-0.4, -0.2) is 37.2 Å². The molecule has 3 aromatic heterocycles. The summed E-state index contributed by atoms with van der Waals surface area (Å²) in [6.45, 7) is 4.19. The molecule has 0 fully saturated rings. The maximum atomic E-state index is 5.88. The van der Waals surface area contributed by atoms with Gasteiger partial charge in [-0.05, 0) is 38.1 Å². The van der Waals surface area contributed by atoms with E-state index in [1.165, 1.54) is 0 Å². The molecule has 0 radical (unpaired) electrons. The lowest BCUT2D eigenvalue weighted by atomic mass is 10.2. The summed E-state index contributed by atoms with van der Waals surface area (Å²) in [6, 6.07) is 17.2. The number of benzene rings is 2. The summed E-state index contributed by atoms with van der Waals surface area (Å²) in [7, 11) is 1.63. The van der Waals surface area contributed by atoms with E-state index in [0.29, 0.717) is 29.8 Å². The zero-order valence-electron chi connectivity index (χ0n) is 17.8. The molecule has 3 heterocycles. The molecule has 9 nitrogen and oxygen atoms in total. The van der Waals surface area contributed by atoms with E-state index >= 15 is 0 Å². The normalized spacial score (nSPS) is 11.1.